The molecule has 0 heterocycles. The molecule has 0 bridgehead atoms. The SMILES string of the molecule is COc1ccc(C(C)CCN)c(Cl)c1OC. The summed E-state index contributed by atoms with van der Waals surface area (Å²) < 4.78 is 10.4. The fourth-order valence-electron chi connectivity index (χ4n) is 1.69. The molecule has 0 aromatic heterocycles. The van der Waals surface area contributed by atoms with Crippen molar-refractivity contribution >= 4 is 11.6 Å². The molecule has 0 fully saturated rings. The molecular formula is C12H18ClNO2. The Balaban J connectivity index is 3.13. The van der Waals surface area contributed by atoms with Crippen molar-refractivity contribution in [3.05, 3.63) is 22.7 Å². The van der Waals surface area contributed by atoms with Crippen LogP contribution >= 0.6 is 11.6 Å². The number of hydrogen-bond donors (Lipinski definition) is 1. The highest BCUT2D eigenvalue weighted by molar-refractivity contribution is 6.33. The molecule has 0 aliphatic heterocycles. The largest absolute Gasteiger partial charge is 0.493 e. The van der Waals surface area contributed by atoms with E-state index >= 15 is 0 Å². The molecule has 0 saturated heterocycles. The van der Waals surface area contributed by atoms with Gasteiger partial charge in [-0.2, -0.15) is 0 Å². The van der Waals surface area contributed by atoms with Crippen molar-refractivity contribution < 1.29 is 9.47 Å². The maximum atomic E-state index is 6.28. The van der Waals surface area contributed by atoms with E-state index in [0.717, 1.165) is 12.0 Å². The normalized spacial score (nSPS) is 12.3. The second-order valence-corrected chi connectivity index (χ2v) is 4.06. The van der Waals surface area contributed by atoms with Crippen LogP contribution in [0.3, 0.4) is 0 Å². The van der Waals surface area contributed by atoms with Crippen LogP contribution in [0.2, 0.25) is 5.02 Å². The summed E-state index contributed by atoms with van der Waals surface area (Å²) in [4.78, 5) is 0. The molecule has 2 N–H and O–H groups in total. The van der Waals surface area contributed by atoms with Gasteiger partial charge in [0.15, 0.2) is 11.5 Å². The maximum absolute atomic E-state index is 6.28. The Morgan fingerprint density at radius 3 is 2.50 bits per heavy atom. The molecule has 1 atom stereocenters. The molecule has 0 spiro atoms. The molecule has 4 heteroatoms. The molecule has 0 aliphatic carbocycles. The topological polar surface area (TPSA) is 44.5 Å². The van der Waals surface area contributed by atoms with Gasteiger partial charge in [-0.3, -0.25) is 0 Å². The fourth-order valence-corrected chi connectivity index (χ4v) is 2.11. The first-order valence-electron chi connectivity index (χ1n) is 5.26. The van der Waals surface area contributed by atoms with E-state index in [-0.39, 0.29) is 0 Å². The first-order chi connectivity index (χ1) is 7.65. The zero-order valence-corrected chi connectivity index (χ0v) is 10.7. The number of halogens is 1. The fraction of sp³-hybridized carbons (Fsp3) is 0.500. The minimum Gasteiger partial charge on any atom is -0.493 e. The third-order valence-electron chi connectivity index (χ3n) is 2.65. The third kappa shape index (κ3) is 2.60. The summed E-state index contributed by atoms with van der Waals surface area (Å²) in [5.41, 5.74) is 6.59. The number of hydrogen-bond acceptors (Lipinski definition) is 3. The van der Waals surface area contributed by atoms with Crippen LogP contribution in [-0.4, -0.2) is 20.8 Å². The molecule has 90 valence electrons. The summed E-state index contributed by atoms with van der Waals surface area (Å²) >= 11 is 6.28. The van der Waals surface area contributed by atoms with Crippen LogP contribution in [0.15, 0.2) is 12.1 Å². The maximum Gasteiger partial charge on any atom is 0.179 e. The van der Waals surface area contributed by atoms with Crippen molar-refractivity contribution in [3.8, 4) is 11.5 Å². The molecule has 1 unspecified atom stereocenters. The second-order valence-electron chi connectivity index (χ2n) is 3.68. The Morgan fingerprint density at radius 2 is 2.00 bits per heavy atom. The highest BCUT2D eigenvalue weighted by Gasteiger charge is 2.16. The Kier molecular flexibility index (Phi) is 4.90. The summed E-state index contributed by atoms with van der Waals surface area (Å²) in [5, 5.41) is 0.614. The lowest BCUT2D eigenvalue weighted by atomic mass is 9.97. The molecular weight excluding hydrogens is 226 g/mol. The van der Waals surface area contributed by atoms with E-state index in [9.17, 15) is 0 Å². The molecule has 1 rings (SSSR count). The van der Waals surface area contributed by atoms with E-state index < -0.39 is 0 Å². The number of ether oxygens (including phenoxy) is 2. The van der Waals surface area contributed by atoms with E-state index in [0.29, 0.717) is 29.0 Å². The lowest BCUT2D eigenvalue weighted by molar-refractivity contribution is 0.354. The van der Waals surface area contributed by atoms with Crippen LogP contribution < -0.4 is 15.2 Å². The summed E-state index contributed by atoms with van der Waals surface area (Å²) in [5.74, 6) is 1.55. The summed E-state index contributed by atoms with van der Waals surface area (Å²) in [6.07, 6.45) is 0.898. The standard InChI is InChI=1S/C12H18ClNO2/c1-8(6-7-14)9-4-5-10(15-2)12(16-3)11(9)13/h4-5,8H,6-7,14H2,1-3H3. The quantitative estimate of drug-likeness (QED) is 0.865. The number of nitrogens with two attached hydrogens (primary N) is 1. The summed E-state index contributed by atoms with van der Waals surface area (Å²) in [6.45, 7) is 2.74. The molecule has 0 amide bonds. The van der Waals surface area contributed by atoms with Gasteiger partial charge in [-0.05, 0) is 30.5 Å². The van der Waals surface area contributed by atoms with Crippen LogP contribution in [0.5, 0.6) is 11.5 Å². The van der Waals surface area contributed by atoms with Crippen LogP contribution in [0, 0.1) is 0 Å². The van der Waals surface area contributed by atoms with Gasteiger partial charge in [-0.1, -0.05) is 24.6 Å². The molecule has 0 radical (unpaired) electrons. The highest BCUT2D eigenvalue weighted by Crippen LogP contribution is 2.40. The first kappa shape index (κ1) is 13.1. The van der Waals surface area contributed by atoms with Crippen molar-refractivity contribution in [3.63, 3.8) is 0 Å². The first-order valence-corrected chi connectivity index (χ1v) is 5.63. The van der Waals surface area contributed by atoms with Crippen LogP contribution in [0.25, 0.3) is 0 Å². The molecule has 0 aliphatic rings. The molecule has 1 aromatic rings. The van der Waals surface area contributed by atoms with Crippen molar-refractivity contribution in [2.45, 2.75) is 19.3 Å². The van der Waals surface area contributed by atoms with Crippen molar-refractivity contribution in [1.29, 1.82) is 0 Å². The van der Waals surface area contributed by atoms with Gasteiger partial charge in [0, 0.05) is 0 Å². The zero-order valence-electron chi connectivity index (χ0n) is 9.92. The van der Waals surface area contributed by atoms with Gasteiger partial charge in [-0.15, -0.1) is 0 Å². The molecule has 16 heavy (non-hydrogen) atoms. The van der Waals surface area contributed by atoms with Gasteiger partial charge < -0.3 is 15.2 Å². The van der Waals surface area contributed by atoms with Gasteiger partial charge in [-0.25, -0.2) is 0 Å². The van der Waals surface area contributed by atoms with Crippen molar-refractivity contribution in [2.75, 3.05) is 20.8 Å². The summed E-state index contributed by atoms with van der Waals surface area (Å²) in [6, 6.07) is 3.83. The number of rotatable bonds is 5. The highest BCUT2D eigenvalue weighted by atomic mass is 35.5. The van der Waals surface area contributed by atoms with Gasteiger partial charge in [0.25, 0.3) is 0 Å². The van der Waals surface area contributed by atoms with Gasteiger partial charge in [0.05, 0.1) is 19.2 Å². The minimum absolute atomic E-state index is 0.317. The molecule has 1 aromatic carbocycles. The Labute approximate surface area is 101 Å². The van der Waals surface area contributed by atoms with Crippen molar-refractivity contribution in [1.82, 2.24) is 0 Å². The van der Waals surface area contributed by atoms with Gasteiger partial charge in [0.1, 0.15) is 0 Å². The lowest BCUT2D eigenvalue weighted by Gasteiger charge is -2.16. The van der Waals surface area contributed by atoms with E-state index in [2.05, 4.69) is 6.92 Å². The summed E-state index contributed by atoms with van der Waals surface area (Å²) in [7, 11) is 3.18. The van der Waals surface area contributed by atoms with E-state index in [1.54, 1.807) is 14.2 Å². The Morgan fingerprint density at radius 1 is 1.31 bits per heavy atom. The van der Waals surface area contributed by atoms with Crippen LogP contribution in [0.4, 0.5) is 0 Å². The zero-order chi connectivity index (χ0) is 12.1. The number of methoxy groups -OCH3 is 2. The Bertz CT molecular complexity index is 355. The predicted molar refractivity (Wildman–Crippen MR) is 66.6 cm³/mol. The third-order valence-corrected chi connectivity index (χ3v) is 3.04. The average Bonchev–Trinajstić information content (AvgIpc) is 2.28. The van der Waals surface area contributed by atoms with Crippen LogP contribution in [0.1, 0.15) is 24.8 Å². The van der Waals surface area contributed by atoms with E-state index in [1.165, 1.54) is 0 Å². The van der Waals surface area contributed by atoms with E-state index in [4.69, 9.17) is 26.8 Å². The lowest BCUT2D eigenvalue weighted by Crippen LogP contribution is -2.05. The predicted octanol–water partition coefficient (Wildman–Crippen LogP) is 2.81. The van der Waals surface area contributed by atoms with Crippen LogP contribution in [-0.2, 0) is 0 Å². The number of benzene rings is 1. The van der Waals surface area contributed by atoms with E-state index in [1.807, 2.05) is 12.1 Å². The monoisotopic (exact) mass is 243 g/mol. The Hall–Kier alpha value is -0.930. The molecule has 3 nitrogen and oxygen atoms in total. The smallest absolute Gasteiger partial charge is 0.179 e. The van der Waals surface area contributed by atoms with Gasteiger partial charge in [0.2, 0.25) is 0 Å². The molecule has 0 saturated carbocycles. The van der Waals surface area contributed by atoms with Crippen molar-refractivity contribution in [2.24, 2.45) is 5.73 Å². The minimum atomic E-state index is 0.317. The van der Waals surface area contributed by atoms with Gasteiger partial charge >= 0.3 is 0 Å². The second kappa shape index (κ2) is 5.97. The average molecular weight is 244 g/mol.